The summed E-state index contributed by atoms with van der Waals surface area (Å²) in [6.45, 7) is 0.396. The standard InChI is InChI=1S/C10H12ClN3O3/c11-7-3-1-4-8(14(16)17)10(7)13-6-2-5-9(12)15/h1,3-4,13H,2,5-6H2,(H2,12,15). The summed E-state index contributed by atoms with van der Waals surface area (Å²) in [6.07, 6.45) is 0.725. The van der Waals surface area contributed by atoms with Crippen LogP contribution in [0.2, 0.25) is 5.02 Å². The Hall–Kier alpha value is -1.82. The minimum Gasteiger partial charge on any atom is -0.378 e. The predicted octanol–water partition coefficient (Wildman–Crippen LogP) is 1.93. The normalized spacial score (nSPS) is 9.94. The molecule has 1 aromatic rings. The number of hydrogen-bond acceptors (Lipinski definition) is 4. The molecule has 0 radical (unpaired) electrons. The van der Waals surface area contributed by atoms with Crippen molar-refractivity contribution in [3.05, 3.63) is 33.3 Å². The number of primary amides is 1. The minimum absolute atomic E-state index is 0.0865. The molecule has 0 atom stereocenters. The van der Waals surface area contributed by atoms with E-state index in [0.717, 1.165) is 0 Å². The van der Waals surface area contributed by atoms with Crippen LogP contribution in [0.4, 0.5) is 11.4 Å². The lowest BCUT2D eigenvalue weighted by atomic mass is 10.2. The Kier molecular flexibility index (Phi) is 4.71. The van der Waals surface area contributed by atoms with Crippen molar-refractivity contribution in [1.29, 1.82) is 0 Å². The van der Waals surface area contributed by atoms with E-state index in [1.807, 2.05) is 0 Å². The minimum atomic E-state index is -0.512. The summed E-state index contributed by atoms with van der Waals surface area (Å²) in [5, 5.41) is 13.9. The molecule has 0 unspecified atom stereocenters. The number of para-hydroxylation sites is 1. The molecular formula is C10H12ClN3O3. The molecule has 1 rings (SSSR count). The first-order valence-electron chi connectivity index (χ1n) is 4.97. The van der Waals surface area contributed by atoms with Crippen LogP contribution >= 0.6 is 11.6 Å². The van der Waals surface area contributed by atoms with E-state index in [1.54, 1.807) is 6.07 Å². The number of nitrogens with one attached hydrogen (secondary N) is 1. The second-order valence-electron chi connectivity index (χ2n) is 3.39. The van der Waals surface area contributed by atoms with Crippen LogP contribution in [0, 0.1) is 10.1 Å². The number of nitrogens with zero attached hydrogens (tertiary/aromatic N) is 1. The molecule has 0 saturated carbocycles. The van der Waals surface area contributed by atoms with Crippen molar-refractivity contribution in [2.45, 2.75) is 12.8 Å². The highest BCUT2D eigenvalue weighted by Gasteiger charge is 2.15. The van der Waals surface area contributed by atoms with Gasteiger partial charge in [-0.2, -0.15) is 0 Å². The third-order valence-electron chi connectivity index (χ3n) is 2.09. The smallest absolute Gasteiger partial charge is 0.293 e. The Morgan fingerprint density at radius 1 is 1.53 bits per heavy atom. The molecule has 17 heavy (non-hydrogen) atoms. The number of hydrogen-bond donors (Lipinski definition) is 2. The molecule has 0 spiro atoms. The van der Waals surface area contributed by atoms with E-state index < -0.39 is 10.8 Å². The second kappa shape index (κ2) is 6.05. The monoisotopic (exact) mass is 257 g/mol. The van der Waals surface area contributed by atoms with E-state index in [1.165, 1.54) is 12.1 Å². The molecule has 1 amide bonds. The van der Waals surface area contributed by atoms with Gasteiger partial charge in [0, 0.05) is 19.0 Å². The van der Waals surface area contributed by atoms with Gasteiger partial charge in [0.25, 0.3) is 5.69 Å². The number of rotatable bonds is 6. The summed E-state index contributed by atoms with van der Waals surface area (Å²) in [6, 6.07) is 4.43. The van der Waals surface area contributed by atoms with Crippen molar-refractivity contribution in [2.75, 3.05) is 11.9 Å². The lowest BCUT2D eigenvalue weighted by molar-refractivity contribution is -0.383. The highest BCUT2D eigenvalue weighted by molar-refractivity contribution is 6.33. The van der Waals surface area contributed by atoms with E-state index in [2.05, 4.69) is 5.32 Å². The maximum absolute atomic E-state index is 10.7. The Bertz CT molecular complexity index is 437. The van der Waals surface area contributed by atoms with Crippen LogP contribution in [0.25, 0.3) is 0 Å². The molecule has 0 heterocycles. The number of nitrogens with two attached hydrogens (primary N) is 1. The zero-order chi connectivity index (χ0) is 12.8. The Morgan fingerprint density at radius 3 is 2.82 bits per heavy atom. The van der Waals surface area contributed by atoms with Crippen LogP contribution in [0.1, 0.15) is 12.8 Å². The summed E-state index contributed by atoms with van der Waals surface area (Å²) in [5.74, 6) is -0.402. The summed E-state index contributed by atoms with van der Waals surface area (Å²) < 4.78 is 0. The maximum Gasteiger partial charge on any atom is 0.293 e. The van der Waals surface area contributed by atoms with Crippen molar-refractivity contribution in [3.63, 3.8) is 0 Å². The molecule has 92 valence electrons. The number of carbonyl (C=O) groups excluding carboxylic acids is 1. The summed E-state index contributed by atoms with van der Waals surface area (Å²) in [5.41, 5.74) is 5.16. The predicted molar refractivity (Wildman–Crippen MR) is 65.0 cm³/mol. The Balaban J connectivity index is 2.69. The Morgan fingerprint density at radius 2 is 2.24 bits per heavy atom. The molecular weight excluding hydrogens is 246 g/mol. The summed E-state index contributed by atoms with van der Waals surface area (Å²) in [4.78, 5) is 20.7. The van der Waals surface area contributed by atoms with Crippen LogP contribution in [-0.4, -0.2) is 17.4 Å². The van der Waals surface area contributed by atoms with Gasteiger partial charge in [-0.1, -0.05) is 17.7 Å². The summed E-state index contributed by atoms with van der Waals surface area (Å²) >= 11 is 5.86. The first-order chi connectivity index (χ1) is 8.02. The molecule has 0 fully saturated rings. The average Bonchev–Trinajstić information content (AvgIpc) is 2.25. The van der Waals surface area contributed by atoms with E-state index in [0.29, 0.717) is 13.0 Å². The summed E-state index contributed by atoms with van der Waals surface area (Å²) in [7, 11) is 0. The quantitative estimate of drug-likeness (QED) is 0.462. The molecule has 0 aromatic heterocycles. The first-order valence-corrected chi connectivity index (χ1v) is 5.35. The molecule has 0 saturated heterocycles. The fraction of sp³-hybridized carbons (Fsp3) is 0.300. The fourth-order valence-corrected chi connectivity index (χ4v) is 1.55. The van der Waals surface area contributed by atoms with Gasteiger partial charge in [-0.3, -0.25) is 14.9 Å². The fourth-order valence-electron chi connectivity index (χ4n) is 1.32. The van der Waals surface area contributed by atoms with Gasteiger partial charge in [-0.25, -0.2) is 0 Å². The van der Waals surface area contributed by atoms with E-state index >= 15 is 0 Å². The number of halogens is 1. The van der Waals surface area contributed by atoms with Gasteiger partial charge in [0.05, 0.1) is 9.95 Å². The third kappa shape index (κ3) is 3.92. The number of benzene rings is 1. The molecule has 7 heteroatoms. The topological polar surface area (TPSA) is 98.3 Å². The molecule has 1 aromatic carbocycles. The highest BCUT2D eigenvalue weighted by Crippen LogP contribution is 2.31. The van der Waals surface area contributed by atoms with Gasteiger partial charge in [0.2, 0.25) is 5.91 Å². The third-order valence-corrected chi connectivity index (χ3v) is 2.41. The van der Waals surface area contributed by atoms with E-state index in [-0.39, 0.29) is 22.8 Å². The molecule has 3 N–H and O–H groups in total. The Labute approximate surface area is 103 Å². The maximum atomic E-state index is 10.7. The molecule has 0 bridgehead atoms. The van der Waals surface area contributed by atoms with Gasteiger partial charge < -0.3 is 11.1 Å². The second-order valence-corrected chi connectivity index (χ2v) is 3.79. The highest BCUT2D eigenvalue weighted by atomic mass is 35.5. The number of carbonyl (C=O) groups is 1. The SMILES string of the molecule is NC(=O)CCCNc1c(Cl)cccc1[N+](=O)[O-]. The average molecular weight is 258 g/mol. The number of nitro groups is 1. The molecule has 0 aliphatic carbocycles. The van der Waals surface area contributed by atoms with Crippen molar-refractivity contribution in [3.8, 4) is 0 Å². The zero-order valence-electron chi connectivity index (χ0n) is 8.98. The van der Waals surface area contributed by atoms with E-state index in [4.69, 9.17) is 17.3 Å². The van der Waals surface area contributed by atoms with E-state index in [9.17, 15) is 14.9 Å². The van der Waals surface area contributed by atoms with Gasteiger partial charge >= 0.3 is 0 Å². The van der Waals surface area contributed by atoms with Gasteiger partial charge in [0.1, 0.15) is 5.69 Å². The largest absolute Gasteiger partial charge is 0.378 e. The number of anilines is 1. The zero-order valence-corrected chi connectivity index (χ0v) is 9.74. The van der Waals surface area contributed by atoms with Crippen LogP contribution in [0.5, 0.6) is 0 Å². The molecule has 6 nitrogen and oxygen atoms in total. The molecule has 0 aliphatic rings. The van der Waals surface area contributed by atoms with Gasteiger partial charge in [-0.15, -0.1) is 0 Å². The van der Waals surface area contributed by atoms with Crippen molar-refractivity contribution >= 4 is 28.9 Å². The van der Waals surface area contributed by atoms with Crippen molar-refractivity contribution < 1.29 is 9.72 Å². The number of amides is 1. The lowest BCUT2D eigenvalue weighted by Crippen LogP contribution is -2.13. The van der Waals surface area contributed by atoms with Gasteiger partial charge in [0.15, 0.2) is 0 Å². The lowest BCUT2D eigenvalue weighted by Gasteiger charge is -2.07. The van der Waals surface area contributed by atoms with Crippen molar-refractivity contribution in [2.24, 2.45) is 5.73 Å². The van der Waals surface area contributed by atoms with Crippen molar-refractivity contribution in [1.82, 2.24) is 0 Å². The van der Waals surface area contributed by atoms with Crippen LogP contribution in [0.15, 0.2) is 18.2 Å². The van der Waals surface area contributed by atoms with Crippen LogP contribution in [-0.2, 0) is 4.79 Å². The van der Waals surface area contributed by atoms with Gasteiger partial charge in [-0.05, 0) is 12.5 Å². The van der Waals surface area contributed by atoms with Crippen LogP contribution in [0.3, 0.4) is 0 Å². The van der Waals surface area contributed by atoms with Crippen LogP contribution < -0.4 is 11.1 Å². The number of nitro benzene ring substituents is 1. The first kappa shape index (κ1) is 13.2. The molecule has 0 aliphatic heterocycles.